The van der Waals surface area contributed by atoms with Crippen LogP contribution in [0, 0.1) is 0 Å². The summed E-state index contributed by atoms with van der Waals surface area (Å²) in [4.78, 5) is 0. The summed E-state index contributed by atoms with van der Waals surface area (Å²) < 4.78 is 0. The molecule has 0 saturated heterocycles. The SMILES string of the molecule is CCCO.CCCO.CCCO.[Cl-].[V]. The molecule has 5 heteroatoms. The average molecular weight is 267 g/mol. The molecule has 0 aromatic rings. The molecule has 91 valence electrons. The first-order valence-electron chi connectivity index (χ1n) is 4.57. The standard InChI is InChI=1S/3C3H8O.ClH.V/c3*1-2-3-4;;/h3*4H,2-3H2,1H3;1H;/p-1. The van der Waals surface area contributed by atoms with Crippen LogP contribution in [0.3, 0.4) is 0 Å². The van der Waals surface area contributed by atoms with Crippen LogP contribution in [0.5, 0.6) is 0 Å². The summed E-state index contributed by atoms with van der Waals surface area (Å²) in [6.07, 6.45) is 2.62. The fourth-order valence-corrected chi connectivity index (χ4v) is 0. The van der Waals surface area contributed by atoms with Gasteiger partial charge in [0.25, 0.3) is 0 Å². The van der Waals surface area contributed by atoms with E-state index in [0.29, 0.717) is 19.8 Å². The van der Waals surface area contributed by atoms with Crippen molar-refractivity contribution in [3.05, 3.63) is 0 Å². The van der Waals surface area contributed by atoms with E-state index in [4.69, 9.17) is 15.3 Å². The van der Waals surface area contributed by atoms with E-state index < -0.39 is 0 Å². The Morgan fingerprint density at radius 2 is 0.714 bits per heavy atom. The van der Waals surface area contributed by atoms with E-state index in [9.17, 15) is 0 Å². The maximum atomic E-state index is 7.88. The molecule has 0 atom stereocenters. The van der Waals surface area contributed by atoms with Gasteiger partial charge in [0.15, 0.2) is 0 Å². The van der Waals surface area contributed by atoms with Gasteiger partial charge in [-0.15, -0.1) is 0 Å². The molecule has 0 aliphatic rings. The van der Waals surface area contributed by atoms with E-state index in [0.717, 1.165) is 19.3 Å². The zero-order valence-corrected chi connectivity index (χ0v) is 11.6. The molecule has 0 unspecified atom stereocenters. The minimum atomic E-state index is 0. The number of hydrogen-bond donors (Lipinski definition) is 3. The van der Waals surface area contributed by atoms with Crippen LogP contribution in [0.4, 0.5) is 0 Å². The summed E-state index contributed by atoms with van der Waals surface area (Å²) in [5.74, 6) is 0. The van der Waals surface area contributed by atoms with Crippen molar-refractivity contribution in [3.63, 3.8) is 0 Å². The van der Waals surface area contributed by atoms with Crippen LogP contribution in [0.15, 0.2) is 0 Å². The molecule has 0 amide bonds. The molecule has 0 aromatic heterocycles. The van der Waals surface area contributed by atoms with Crippen molar-refractivity contribution in [1.82, 2.24) is 0 Å². The Labute approximate surface area is 106 Å². The zero-order valence-electron chi connectivity index (χ0n) is 9.41. The molecule has 0 saturated carbocycles. The number of halogens is 1. The molecule has 0 bridgehead atoms. The summed E-state index contributed by atoms with van der Waals surface area (Å²) in [6, 6.07) is 0. The average Bonchev–Trinajstić information content (AvgIpc) is 2.18. The van der Waals surface area contributed by atoms with Crippen molar-refractivity contribution < 1.29 is 46.3 Å². The summed E-state index contributed by atoms with van der Waals surface area (Å²) in [7, 11) is 0. The number of aliphatic hydroxyl groups excluding tert-OH is 3. The van der Waals surface area contributed by atoms with Crippen molar-refractivity contribution in [3.8, 4) is 0 Å². The Morgan fingerprint density at radius 3 is 0.714 bits per heavy atom. The zero-order chi connectivity index (χ0) is 10.2. The number of hydrogen-bond acceptors (Lipinski definition) is 3. The fourth-order valence-electron chi connectivity index (χ4n) is 0. The van der Waals surface area contributed by atoms with Crippen LogP contribution < -0.4 is 12.4 Å². The van der Waals surface area contributed by atoms with Gasteiger partial charge >= 0.3 is 0 Å². The molecular weight excluding hydrogens is 242 g/mol. The Kier molecular flexibility index (Phi) is 103. The van der Waals surface area contributed by atoms with Gasteiger partial charge in [0.2, 0.25) is 0 Å². The summed E-state index contributed by atoms with van der Waals surface area (Å²) in [5.41, 5.74) is 0. The fraction of sp³-hybridized carbons (Fsp3) is 1.00. The summed E-state index contributed by atoms with van der Waals surface area (Å²) in [5, 5.41) is 23.6. The molecule has 0 aliphatic carbocycles. The Bertz CT molecular complexity index is 35.5. The Hall–Kier alpha value is 0.754. The van der Waals surface area contributed by atoms with E-state index in [-0.39, 0.29) is 31.0 Å². The first-order valence-corrected chi connectivity index (χ1v) is 4.57. The molecule has 0 aromatic carbocycles. The third-order valence-corrected chi connectivity index (χ3v) is 0.671. The van der Waals surface area contributed by atoms with E-state index in [2.05, 4.69) is 0 Å². The minimum absolute atomic E-state index is 0. The quantitative estimate of drug-likeness (QED) is 0.563. The van der Waals surface area contributed by atoms with Gasteiger partial charge < -0.3 is 27.7 Å². The molecule has 0 rings (SSSR count). The van der Waals surface area contributed by atoms with Gasteiger partial charge in [-0.25, -0.2) is 0 Å². The third-order valence-electron chi connectivity index (χ3n) is 0.671. The number of rotatable bonds is 3. The number of aliphatic hydroxyl groups is 3. The smallest absolute Gasteiger partial charge is 0.0428 e. The first-order chi connectivity index (χ1) is 5.74. The van der Waals surface area contributed by atoms with Gasteiger partial charge in [-0.1, -0.05) is 20.8 Å². The van der Waals surface area contributed by atoms with Gasteiger partial charge in [0, 0.05) is 38.4 Å². The van der Waals surface area contributed by atoms with E-state index >= 15 is 0 Å². The van der Waals surface area contributed by atoms with E-state index in [1.807, 2.05) is 20.8 Å². The molecule has 0 spiro atoms. The monoisotopic (exact) mass is 266 g/mol. The predicted molar refractivity (Wildman–Crippen MR) is 52.1 cm³/mol. The third kappa shape index (κ3) is 125. The molecule has 1 radical (unpaired) electrons. The van der Waals surface area contributed by atoms with E-state index in [1.165, 1.54) is 0 Å². The van der Waals surface area contributed by atoms with Crippen LogP contribution >= 0.6 is 0 Å². The molecule has 14 heavy (non-hydrogen) atoms. The van der Waals surface area contributed by atoms with Gasteiger partial charge in [-0.2, -0.15) is 0 Å². The van der Waals surface area contributed by atoms with Crippen molar-refractivity contribution in [2.45, 2.75) is 40.0 Å². The van der Waals surface area contributed by atoms with Gasteiger partial charge in [-0.3, -0.25) is 0 Å². The minimum Gasteiger partial charge on any atom is -1.00 e. The second-order valence-corrected chi connectivity index (χ2v) is 2.17. The maximum absolute atomic E-state index is 7.88. The van der Waals surface area contributed by atoms with Crippen LogP contribution in [0.25, 0.3) is 0 Å². The second kappa shape index (κ2) is 49.0. The van der Waals surface area contributed by atoms with Gasteiger partial charge in [0.05, 0.1) is 0 Å². The van der Waals surface area contributed by atoms with Crippen molar-refractivity contribution in [2.75, 3.05) is 19.8 Å². The van der Waals surface area contributed by atoms with E-state index in [1.54, 1.807) is 0 Å². The van der Waals surface area contributed by atoms with Crippen LogP contribution in [0.1, 0.15) is 40.0 Å². The largest absolute Gasteiger partial charge is 1.00 e. The van der Waals surface area contributed by atoms with Crippen molar-refractivity contribution >= 4 is 0 Å². The Morgan fingerprint density at radius 1 is 0.643 bits per heavy atom. The topological polar surface area (TPSA) is 60.7 Å². The summed E-state index contributed by atoms with van der Waals surface area (Å²) >= 11 is 0. The molecule has 0 aliphatic heterocycles. The van der Waals surface area contributed by atoms with Crippen molar-refractivity contribution in [1.29, 1.82) is 0 Å². The second-order valence-electron chi connectivity index (χ2n) is 2.17. The summed E-state index contributed by atoms with van der Waals surface area (Å²) in [6.45, 7) is 6.75. The van der Waals surface area contributed by atoms with Gasteiger partial charge in [-0.05, 0) is 19.3 Å². The molecular formula is C9H24ClO3V-. The van der Waals surface area contributed by atoms with Crippen LogP contribution in [-0.2, 0) is 18.6 Å². The van der Waals surface area contributed by atoms with Crippen molar-refractivity contribution in [2.24, 2.45) is 0 Å². The van der Waals surface area contributed by atoms with Crippen LogP contribution in [0.2, 0.25) is 0 Å². The molecule has 0 heterocycles. The predicted octanol–water partition coefficient (Wildman–Crippen LogP) is -1.83. The van der Waals surface area contributed by atoms with Gasteiger partial charge in [0.1, 0.15) is 0 Å². The Balaban J connectivity index is -0.0000000270. The first kappa shape index (κ1) is 29.3. The van der Waals surface area contributed by atoms with Crippen LogP contribution in [-0.4, -0.2) is 35.1 Å². The maximum Gasteiger partial charge on any atom is 0.0428 e. The molecule has 3 nitrogen and oxygen atoms in total. The molecule has 3 N–H and O–H groups in total. The molecule has 0 fully saturated rings. The normalized spacial score (nSPS) is 6.43.